The summed E-state index contributed by atoms with van der Waals surface area (Å²) in [6, 6.07) is 18.7. The van der Waals surface area contributed by atoms with E-state index in [1.165, 1.54) is 56.0 Å². The first-order valence-corrected chi connectivity index (χ1v) is 13.2. The Hall–Kier alpha value is -3.07. The van der Waals surface area contributed by atoms with Gasteiger partial charge in [0, 0.05) is 6.20 Å². The average Bonchev–Trinajstić information content (AvgIpc) is 2.83. The first-order valence-electron chi connectivity index (χ1n) is 11.5. The van der Waals surface area contributed by atoms with Crippen LogP contribution in [0.3, 0.4) is 0 Å². The predicted octanol–water partition coefficient (Wildman–Crippen LogP) is 6.82. The van der Waals surface area contributed by atoms with E-state index in [-0.39, 0.29) is 12.2 Å². The summed E-state index contributed by atoms with van der Waals surface area (Å²) >= 11 is 0. The normalized spacial score (nSPS) is 15.1. The number of hydrogen-bond donors (Lipinski definition) is 0. The molecule has 186 valence electrons. The first kappa shape index (κ1) is 25.0. The molecule has 0 spiro atoms. The predicted molar refractivity (Wildman–Crippen MR) is 129 cm³/mol. The van der Waals surface area contributed by atoms with E-state index in [0.29, 0.717) is 23.1 Å². The Morgan fingerprint density at radius 2 is 1.51 bits per heavy atom. The lowest BCUT2D eigenvalue weighted by atomic mass is 9.84. The van der Waals surface area contributed by atoms with Crippen molar-refractivity contribution >= 4 is 15.7 Å². The molecule has 0 unspecified atom stereocenters. The molecule has 35 heavy (non-hydrogen) atoms. The Bertz CT molecular complexity index is 1190. The number of pyridine rings is 1. The van der Waals surface area contributed by atoms with Crippen molar-refractivity contribution in [1.82, 2.24) is 4.98 Å². The minimum atomic E-state index is -4.87. The van der Waals surface area contributed by atoms with Crippen LogP contribution in [0.2, 0.25) is 0 Å². The molecular weight excluding hydrogens is 477 g/mol. The molecule has 0 amide bonds. The monoisotopic (exact) mass is 504 g/mol. The lowest BCUT2D eigenvalue weighted by molar-refractivity contribution is -0.106. The van der Waals surface area contributed by atoms with Gasteiger partial charge in [0.25, 0.3) is 0 Å². The van der Waals surface area contributed by atoms with Crippen LogP contribution in [0.1, 0.15) is 49.3 Å². The zero-order chi connectivity index (χ0) is 24.9. The van der Waals surface area contributed by atoms with Crippen molar-refractivity contribution in [1.29, 1.82) is 0 Å². The topological polar surface area (TPSA) is 59.5 Å². The molecule has 9 heteroatoms. The smallest absolute Gasteiger partial charge is 0.404 e. The highest BCUT2D eigenvalue weighted by Crippen LogP contribution is 2.34. The largest absolute Gasteiger partial charge is 0.457 e. The number of rotatable bonds is 8. The number of hydrogen-bond acceptors (Lipinski definition) is 4. The van der Waals surface area contributed by atoms with Crippen molar-refractivity contribution in [2.24, 2.45) is 0 Å². The first-order chi connectivity index (χ1) is 16.7. The van der Waals surface area contributed by atoms with Crippen molar-refractivity contribution in [2.75, 3.05) is 10.1 Å². The summed E-state index contributed by atoms with van der Waals surface area (Å²) in [5, 5.41) is 0. The van der Waals surface area contributed by atoms with Crippen LogP contribution in [0, 0.1) is 0 Å². The number of anilines is 1. The lowest BCUT2D eigenvalue weighted by Crippen LogP contribution is -2.37. The summed E-state index contributed by atoms with van der Waals surface area (Å²) < 4.78 is 70.8. The number of nitrogens with zero attached hydrogens (tertiary/aromatic N) is 2. The number of benzene rings is 2. The van der Waals surface area contributed by atoms with Gasteiger partial charge in [-0.05, 0) is 72.9 Å². The van der Waals surface area contributed by atoms with Crippen LogP contribution in [-0.2, 0) is 16.6 Å². The Morgan fingerprint density at radius 1 is 0.886 bits per heavy atom. The Balaban J connectivity index is 1.50. The zero-order valence-electron chi connectivity index (χ0n) is 19.1. The van der Waals surface area contributed by atoms with E-state index < -0.39 is 22.0 Å². The second-order valence-corrected chi connectivity index (χ2v) is 10.6. The van der Waals surface area contributed by atoms with Gasteiger partial charge in [0.2, 0.25) is 10.0 Å². The van der Waals surface area contributed by atoms with E-state index in [1.54, 1.807) is 30.3 Å². The third kappa shape index (κ3) is 6.97. The molecule has 1 saturated carbocycles. The molecular formula is C26H27F3N2O3S. The molecule has 0 radical (unpaired) electrons. The maximum Gasteiger partial charge on any atom is 0.404 e. The number of halogens is 3. The van der Waals surface area contributed by atoms with Gasteiger partial charge in [0.05, 0.1) is 17.9 Å². The van der Waals surface area contributed by atoms with Crippen molar-refractivity contribution < 1.29 is 26.3 Å². The molecule has 1 heterocycles. The fourth-order valence-electron chi connectivity index (χ4n) is 4.33. The van der Waals surface area contributed by atoms with E-state index in [4.69, 9.17) is 4.74 Å². The Labute approximate surface area is 203 Å². The van der Waals surface area contributed by atoms with E-state index in [0.717, 1.165) is 4.31 Å². The molecule has 2 aromatic carbocycles. The summed E-state index contributed by atoms with van der Waals surface area (Å²) in [6.07, 6.45) is 2.80. The van der Waals surface area contributed by atoms with Crippen LogP contribution in [0.4, 0.5) is 18.9 Å². The molecule has 1 aliphatic rings. The van der Waals surface area contributed by atoms with Gasteiger partial charge in [-0.15, -0.1) is 0 Å². The summed E-state index contributed by atoms with van der Waals surface area (Å²) in [4.78, 5) is 4.06. The summed E-state index contributed by atoms with van der Waals surface area (Å²) in [6.45, 7) is -0.317. The molecule has 5 nitrogen and oxygen atoms in total. The molecule has 0 saturated heterocycles. The minimum absolute atomic E-state index is 0.0971. The fraction of sp³-hybridized carbons (Fsp3) is 0.346. The number of alkyl halides is 3. The summed E-state index contributed by atoms with van der Waals surface area (Å²) in [7, 11) is -4.69. The number of sulfonamides is 1. The SMILES string of the molecule is O=S(=O)(CC(F)(F)F)N(Cc1ccccn1)c1ccc(Oc2ccc(C3CCCCC3)cc2)cc1. The summed E-state index contributed by atoms with van der Waals surface area (Å²) in [5.41, 5.74) is 1.73. The standard InChI is InChI=1S/C26H27F3N2O3S/c27-26(28,29)19-35(32,33)31(18-22-8-4-5-17-30-22)23-11-15-25(16-12-23)34-24-13-9-21(10-14-24)20-6-2-1-3-7-20/h4-5,8-17,20H,1-3,6-7,18-19H2. The van der Waals surface area contributed by atoms with Crippen molar-refractivity contribution in [3.63, 3.8) is 0 Å². The van der Waals surface area contributed by atoms with Gasteiger partial charge in [0.1, 0.15) is 11.5 Å². The highest BCUT2D eigenvalue weighted by Gasteiger charge is 2.38. The average molecular weight is 505 g/mol. The molecule has 0 bridgehead atoms. The fourth-order valence-corrected chi connectivity index (χ4v) is 5.68. The van der Waals surface area contributed by atoms with Crippen LogP contribution in [0.25, 0.3) is 0 Å². The second-order valence-electron chi connectivity index (χ2n) is 8.70. The van der Waals surface area contributed by atoms with E-state index in [1.807, 2.05) is 12.1 Å². The highest BCUT2D eigenvalue weighted by atomic mass is 32.2. The molecule has 4 rings (SSSR count). The van der Waals surface area contributed by atoms with Gasteiger partial charge >= 0.3 is 6.18 Å². The molecule has 0 aliphatic heterocycles. The van der Waals surface area contributed by atoms with E-state index in [9.17, 15) is 21.6 Å². The molecule has 1 aliphatic carbocycles. The Kier molecular flexibility index (Phi) is 7.64. The van der Waals surface area contributed by atoms with Crippen LogP contribution in [0.15, 0.2) is 72.9 Å². The van der Waals surface area contributed by atoms with Gasteiger partial charge in [-0.25, -0.2) is 8.42 Å². The molecule has 0 N–H and O–H groups in total. The van der Waals surface area contributed by atoms with E-state index >= 15 is 0 Å². The molecule has 3 aromatic rings. The van der Waals surface area contributed by atoms with Gasteiger partial charge in [-0.1, -0.05) is 37.5 Å². The minimum Gasteiger partial charge on any atom is -0.457 e. The van der Waals surface area contributed by atoms with Crippen LogP contribution < -0.4 is 9.04 Å². The van der Waals surface area contributed by atoms with Gasteiger partial charge < -0.3 is 4.74 Å². The second kappa shape index (κ2) is 10.7. The van der Waals surface area contributed by atoms with Crippen LogP contribution in [0.5, 0.6) is 11.5 Å². The Morgan fingerprint density at radius 3 is 2.09 bits per heavy atom. The summed E-state index contributed by atoms with van der Waals surface area (Å²) in [5.74, 6) is -0.295. The number of aromatic nitrogens is 1. The van der Waals surface area contributed by atoms with Crippen LogP contribution >= 0.6 is 0 Å². The quantitative estimate of drug-likeness (QED) is 0.338. The van der Waals surface area contributed by atoms with E-state index in [2.05, 4.69) is 17.1 Å². The van der Waals surface area contributed by atoms with Crippen molar-refractivity contribution in [3.05, 3.63) is 84.2 Å². The molecule has 0 atom stereocenters. The van der Waals surface area contributed by atoms with Gasteiger partial charge in [-0.2, -0.15) is 13.2 Å². The third-order valence-electron chi connectivity index (χ3n) is 6.03. The maximum atomic E-state index is 13.0. The van der Waals surface area contributed by atoms with Crippen LogP contribution in [-0.4, -0.2) is 25.3 Å². The highest BCUT2D eigenvalue weighted by molar-refractivity contribution is 7.92. The lowest BCUT2D eigenvalue weighted by Gasteiger charge is -2.25. The van der Waals surface area contributed by atoms with Crippen molar-refractivity contribution in [3.8, 4) is 11.5 Å². The zero-order valence-corrected chi connectivity index (χ0v) is 19.9. The van der Waals surface area contributed by atoms with Crippen molar-refractivity contribution in [2.45, 2.75) is 50.7 Å². The molecule has 1 fully saturated rings. The molecule has 1 aromatic heterocycles. The van der Waals surface area contributed by atoms with Gasteiger partial charge in [-0.3, -0.25) is 9.29 Å². The number of ether oxygens (including phenoxy) is 1. The third-order valence-corrected chi connectivity index (χ3v) is 7.73. The maximum absolute atomic E-state index is 13.0. The van der Waals surface area contributed by atoms with Gasteiger partial charge in [0.15, 0.2) is 5.75 Å².